The number of rotatable bonds is 2. The molecule has 1 N–H and O–H groups in total. The molecule has 1 aliphatic heterocycles. The van der Waals surface area contributed by atoms with Crippen molar-refractivity contribution in [3.8, 4) is 5.75 Å². The Morgan fingerprint density at radius 2 is 2.21 bits per heavy atom. The SMILES string of the molecule is CCNC1COc2cc(C)cc(C)c21. The molecule has 0 aliphatic carbocycles. The van der Waals surface area contributed by atoms with Crippen molar-refractivity contribution >= 4 is 0 Å². The third kappa shape index (κ3) is 1.50. The predicted octanol–water partition coefficient (Wildman–Crippen LogP) is 2.35. The molecule has 0 aromatic heterocycles. The smallest absolute Gasteiger partial charge is 0.124 e. The minimum Gasteiger partial charge on any atom is -0.491 e. The van der Waals surface area contributed by atoms with Crippen molar-refractivity contribution in [2.75, 3.05) is 13.2 Å². The Kier molecular flexibility index (Phi) is 2.46. The van der Waals surface area contributed by atoms with E-state index in [0.717, 1.165) is 18.9 Å². The summed E-state index contributed by atoms with van der Waals surface area (Å²) in [6, 6.07) is 4.73. The molecule has 0 spiro atoms. The lowest BCUT2D eigenvalue weighted by atomic mass is 10.0. The molecule has 2 rings (SSSR count). The summed E-state index contributed by atoms with van der Waals surface area (Å²) in [5.74, 6) is 1.06. The molecule has 2 nitrogen and oxygen atoms in total. The Morgan fingerprint density at radius 3 is 2.93 bits per heavy atom. The molecule has 1 unspecified atom stereocenters. The predicted molar refractivity (Wildman–Crippen MR) is 57.8 cm³/mol. The maximum absolute atomic E-state index is 5.66. The lowest BCUT2D eigenvalue weighted by molar-refractivity contribution is 0.313. The van der Waals surface area contributed by atoms with E-state index >= 15 is 0 Å². The molecule has 1 atom stereocenters. The van der Waals surface area contributed by atoms with Crippen LogP contribution in [0.2, 0.25) is 0 Å². The van der Waals surface area contributed by atoms with Gasteiger partial charge >= 0.3 is 0 Å². The zero-order chi connectivity index (χ0) is 10.1. The van der Waals surface area contributed by atoms with Gasteiger partial charge in [-0.15, -0.1) is 0 Å². The fraction of sp³-hybridized carbons (Fsp3) is 0.500. The Balaban J connectivity index is 2.39. The van der Waals surface area contributed by atoms with E-state index in [1.165, 1.54) is 16.7 Å². The summed E-state index contributed by atoms with van der Waals surface area (Å²) in [5.41, 5.74) is 3.96. The van der Waals surface area contributed by atoms with Gasteiger partial charge in [-0.1, -0.05) is 13.0 Å². The number of benzene rings is 1. The van der Waals surface area contributed by atoms with Gasteiger partial charge in [-0.2, -0.15) is 0 Å². The van der Waals surface area contributed by atoms with Crippen LogP contribution in [0.25, 0.3) is 0 Å². The molecule has 1 aromatic rings. The number of fused-ring (bicyclic) bond motifs is 1. The van der Waals surface area contributed by atoms with Gasteiger partial charge in [0.05, 0.1) is 6.04 Å². The van der Waals surface area contributed by atoms with E-state index in [2.05, 4.69) is 38.2 Å². The molecular formula is C12H17NO. The summed E-state index contributed by atoms with van der Waals surface area (Å²) >= 11 is 0. The maximum Gasteiger partial charge on any atom is 0.124 e. The fourth-order valence-electron chi connectivity index (χ4n) is 2.17. The lowest BCUT2D eigenvalue weighted by Gasteiger charge is -2.11. The molecule has 0 radical (unpaired) electrons. The number of hydrogen-bond donors (Lipinski definition) is 1. The molecule has 1 heterocycles. The van der Waals surface area contributed by atoms with Crippen molar-refractivity contribution in [3.63, 3.8) is 0 Å². The number of aryl methyl sites for hydroxylation is 2. The molecule has 0 saturated carbocycles. The molecular weight excluding hydrogens is 174 g/mol. The Hall–Kier alpha value is -1.02. The van der Waals surface area contributed by atoms with Crippen LogP contribution in [-0.2, 0) is 0 Å². The number of ether oxygens (including phenoxy) is 1. The summed E-state index contributed by atoms with van der Waals surface area (Å²) < 4.78 is 5.66. The highest BCUT2D eigenvalue weighted by atomic mass is 16.5. The van der Waals surface area contributed by atoms with Gasteiger partial charge in [-0.25, -0.2) is 0 Å². The van der Waals surface area contributed by atoms with Gasteiger partial charge in [0.15, 0.2) is 0 Å². The van der Waals surface area contributed by atoms with Crippen LogP contribution in [0.15, 0.2) is 12.1 Å². The summed E-state index contributed by atoms with van der Waals surface area (Å²) in [7, 11) is 0. The van der Waals surface area contributed by atoms with Crippen molar-refractivity contribution in [1.82, 2.24) is 5.32 Å². The van der Waals surface area contributed by atoms with Crippen LogP contribution >= 0.6 is 0 Å². The number of hydrogen-bond acceptors (Lipinski definition) is 2. The van der Waals surface area contributed by atoms with Crippen molar-refractivity contribution in [2.45, 2.75) is 26.8 Å². The summed E-state index contributed by atoms with van der Waals surface area (Å²) in [4.78, 5) is 0. The van der Waals surface area contributed by atoms with Crippen LogP contribution in [0.5, 0.6) is 5.75 Å². The molecule has 1 aromatic carbocycles. The Labute approximate surface area is 85.3 Å². The van der Waals surface area contributed by atoms with Gasteiger partial charge in [0.1, 0.15) is 12.4 Å². The topological polar surface area (TPSA) is 21.3 Å². The minimum atomic E-state index is 0.385. The van der Waals surface area contributed by atoms with Crippen LogP contribution in [0, 0.1) is 13.8 Å². The van der Waals surface area contributed by atoms with E-state index in [0.29, 0.717) is 6.04 Å². The molecule has 0 amide bonds. The second-order valence-electron chi connectivity index (χ2n) is 3.91. The van der Waals surface area contributed by atoms with Gasteiger partial charge in [-0.3, -0.25) is 0 Å². The second-order valence-corrected chi connectivity index (χ2v) is 3.91. The summed E-state index contributed by atoms with van der Waals surface area (Å²) in [5, 5.41) is 3.44. The van der Waals surface area contributed by atoms with E-state index < -0.39 is 0 Å². The van der Waals surface area contributed by atoms with Crippen LogP contribution in [0.1, 0.15) is 29.7 Å². The largest absolute Gasteiger partial charge is 0.491 e. The van der Waals surface area contributed by atoms with Crippen molar-refractivity contribution in [3.05, 3.63) is 28.8 Å². The van der Waals surface area contributed by atoms with Crippen LogP contribution in [0.4, 0.5) is 0 Å². The van der Waals surface area contributed by atoms with E-state index in [9.17, 15) is 0 Å². The minimum absolute atomic E-state index is 0.385. The first kappa shape index (κ1) is 9.53. The molecule has 76 valence electrons. The third-order valence-corrected chi connectivity index (χ3v) is 2.70. The number of likely N-dealkylation sites (N-methyl/N-ethyl adjacent to an activating group) is 1. The van der Waals surface area contributed by atoms with E-state index in [4.69, 9.17) is 4.74 Å². The average molecular weight is 191 g/mol. The highest BCUT2D eigenvalue weighted by Crippen LogP contribution is 2.35. The fourth-order valence-corrected chi connectivity index (χ4v) is 2.17. The van der Waals surface area contributed by atoms with Gasteiger partial charge < -0.3 is 10.1 Å². The summed E-state index contributed by atoms with van der Waals surface area (Å²) in [6.07, 6.45) is 0. The highest BCUT2D eigenvalue weighted by Gasteiger charge is 2.25. The molecule has 14 heavy (non-hydrogen) atoms. The number of nitrogens with one attached hydrogen (secondary N) is 1. The van der Waals surface area contributed by atoms with Gasteiger partial charge in [0, 0.05) is 5.56 Å². The molecule has 0 bridgehead atoms. The molecule has 2 heteroatoms. The molecule has 0 fully saturated rings. The maximum atomic E-state index is 5.66. The van der Waals surface area contributed by atoms with Gasteiger partial charge in [0.25, 0.3) is 0 Å². The molecule has 0 saturated heterocycles. The third-order valence-electron chi connectivity index (χ3n) is 2.70. The van der Waals surface area contributed by atoms with Crippen molar-refractivity contribution in [1.29, 1.82) is 0 Å². The first-order valence-electron chi connectivity index (χ1n) is 5.19. The zero-order valence-electron chi connectivity index (χ0n) is 9.05. The standard InChI is InChI=1S/C12H17NO/c1-4-13-10-7-14-11-6-8(2)5-9(3)12(10)11/h5-6,10,13H,4,7H2,1-3H3. The quantitative estimate of drug-likeness (QED) is 0.774. The Bertz CT molecular complexity index is 346. The van der Waals surface area contributed by atoms with Gasteiger partial charge in [-0.05, 0) is 37.6 Å². The first-order chi connectivity index (χ1) is 6.72. The zero-order valence-corrected chi connectivity index (χ0v) is 9.05. The highest BCUT2D eigenvalue weighted by molar-refractivity contribution is 5.47. The van der Waals surface area contributed by atoms with E-state index in [-0.39, 0.29) is 0 Å². The van der Waals surface area contributed by atoms with Crippen molar-refractivity contribution in [2.24, 2.45) is 0 Å². The van der Waals surface area contributed by atoms with Crippen molar-refractivity contribution < 1.29 is 4.74 Å². The van der Waals surface area contributed by atoms with Crippen LogP contribution in [0.3, 0.4) is 0 Å². The second kappa shape index (κ2) is 3.62. The van der Waals surface area contributed by atoms with Gasteiger partial charge in [0.2, 0.25) is 0 Å². The normalized spacial score (nSPS) is 19.2. The molecule has 1 aliphatic rings. The van der Waals surface area contributed by atoms with Crippen LogP contribution < -0.4 is 10.1 Å². The Morgan fingerprint density at radius 1 is 1.43 bits per heavy atom. The van der Waals surface area contributed by atoms with E-state index in [1.807, 2.05) is 0 Å². The summed E-state index contributed by atoms with van der Waals surface area (Å²) in [6.45, 7) is 8.15. The lowest BCUT2D eigenvalue weighted by Crippen LogP contribution is -2.22. The van der Waals surface area contributed by atoms with E-state index in [1.54, 1.807) is 0 Å². The first-order valence-corrected chi connectivity index (χ1v) is 5.19. The van der Waals surface area contributed by atoms with Crippen LogP contribution in [-0.4, -0.2) is 13.2 Å². The monoisotopic (exact) mass is 191 g/mol. The average Bonchev–Trinajstić information content (AvgIpc) is 2.49.